The lowest BCUT2D eigenvalue weighted by molar-refractivity contribution is 0.0696. The first-order valence-corrected chi connectivity index (χ1v) is 12.7. The normalized spacial score (nSPS) is 20.3. The van der Waals surface area contributed by atoms with Gasteiger partial charge in [-0.3, -0.25) is 4.98 Å². The molecule has 3 aromatic rings. The third kappa shape index (κ3) is 5.54. The highest BCUT2D eigenvalue weighted by atomic mass is 35.5. The van der Waals surface area contributed by atoms with Gasteiger partial charge >= 0.3 is 5.97 Å². The number of halogens is 2. The van der Waals surface area contributed by atoms with Gasteiger partial charge in [0.25, 0.3) is 0 Å². The fraction of sp³-hybridized carbons (Fsp3) is 0.370. The number of benzene rings is 1. The number of hydrogen-bond acceptors (Lipinski definition) is 5. The number of nitrogens with zero attached hydrogens (tertiary/aromatic N) is 2. The zero-order chi connectivity index (χ0) is 24.4. The van der Waals surface area contributed by atoms with Gasteiger partial charge in [0.15, 0.2) is 0 Å². The highest BCUT2D eigenvalue weighted by Crippen LogP contribution is 2.46. The largest absolute Gasteiger partial charge is 0.493 e. The second kappa shape index (κ2) is 10.4. The van der Waals surface area contributed by atoms with Crippen molar-refractivity contribution in [1.29, 1.82) is 0 Å². The van der Waals surface area contributed by atoms with Gasteiger partial charge in [0.05, 0.1) is 22.2 Å². The molecule has 0 amide bonds. The predicted octanol–water partition coefficient (Wildman–Crippen LogP) is 7.52. The van der Waals surface area contributed by atoms with Gasteiger partial charge in [-0.25, -0.2) is 4.79 Å². The number of hydrogen-bond donors (Lipinski definition) is 1. The third-order valence-electron chi connectivity index (χ3n) is 6.79. The second-order valence-corrected chi connectivity index (χ2v) is 10.2. The Morgan fingerprint density at radius 2 is 1.86 bits per heavy atom. The van der Waals surface area contributed by atoms with E-state index in [4.69, 9.17) is 37.6 Å². The minimum atomic E-state index is -0.947. The fourth-order valence-corrected chi connectivity index (χ4v) is 5.19. The Labute approximate surface area is 213 Å². The van der Waals surface area contributed by atoms with Crippen molar-refractivity contribution in [1.82, 2.24) is 10.1 Å². The summed E-state index contributed by atoms with van der Waals surface area (Å²) in [6.07, 6.45) is 14.0. The van der Waals surface area contributed by atoms with Crippen LogP contribution >= 0.6 is 23.2 Å². The lowest BCUT2D eigenvalue weighted by atomic mass is 9.82. The molecule has 5 rings (SSSR count). The van der Waals surface area contributed by atoms with E-state index >= 15 is 0 Å². The summed E-state index contributed by atoms with van der Waals surface area (Å²) < 4.78 is 11.6. The Morgan fingerprint density at radius 1 is 1.11 bits per heavy atom. The van der Waals surface area contributed by atoms with E-state index < -0.39 is 5.97 Å². The average Bonchev–Trinajstić information content (AvgIpc) is 3.62. The van der Waals surface area contributed by atoms with Gasteiger partial charge in [-0.05, 0) is 68.6 Å². The van der Waals surface area contributed by atoms with E-state index in [1.54, 1.807) is 36.7 Å². The predicted molar refractivity (Wildman–Crippen MR) is 135 cm³/mol. The van der Waals surface area contributed by atoms with E-state index in [9.17, 15) is 4.79 Å². The molecule has 0 radical (unpaired) electrons. The molecule has 0 bridgehead atoms. The van der Waals surface area contributed by atoms with Gasteiger partial charge < -0.3 is 14.4 Å². The van der Waals surface area contributed by atoms with E-state index in [1.165, 1.54) is 0 Å². The molecular weight excluding hydrogens is 487 g/mol. The molecule has 2 saturated carbocycles. The quantitative estimate of drug-likeness (QED) is 0.335. The van der Waals surface area contributed by atoms with Gasteiger partial charge in [0, 0.05) is 29.4 Å². The summed E-state index contributed by atoms with van der Waals surface area (Å²) in [4.78, 5) is 15.2. The van der Waals surface area contributed by atoms with Crippen molar-refractivity contribution in [3.05, 3.63) is 69.7 Å². The molecule has 2 aliphatic carbocycles. The number of aromatic nitrogens is 2. The van der Waals surface area contributed by atoms with Gasteiger partial charge in [-0.2, -0.15) is 0 Å². The molecular formula is C27H26Cl2N2O4. The number of pyridine rings is 1. The lowest BCUT2D eigenvalue weighted by Crippen LogP contribution is -2.19. The Hall–Kier alpha value is -2.83. The zero-order valence-corrected chi connectivity index (χ0v) is 20.6. The number of carboxylic acid groups (broad SMARTS) is 1. The number of carboxylic acids is 1. The minimum absolute atomic E-state index is 0.240. The maximum Gasteiger partial charge on any atom is 0.335 e. The van der Waals surface area contributed by atoms with E-state index in [0.717, 1.165) is 49.8 Å². The Morgan fingerprint density at radius 3 is 2.54 bits per heavy atom. The molecule has 1 N–H and O–H groups in total. The lowest BCUT2D eigenvalue weighted by Gasteiger charge is -2.26. The molecule has 6 nitrogen and oxygen atoms in total. The summed E-state index contributed by atoms with van der Waals surface area (Å²) in [6, 6.07) is 6.66. The summed E-state index contributed by atoms with van der Waals surface area (Å²) in [5, 5.41) is 14.4. The number of ether oxygens (including phenoxy) is 1. The molecule has 2 fully saturated rings. The molecule has 0 aliphatic heterocycles. The van der Waals surface area contributed by atoms with Crippen LogP contribution in [0.25, 0.3) is 17.3 Å². The molecule has 0 unspecified atom stereocenters. The Balaban J connectivity index is 1.23. The molecule has 0 saturated heterocycles. The summed E-state index contributed by atoms with van der Waals surface area (Å²) in [5.41, 5.74) is 2.54. The van der Waals surface area contributed by atoms with Gasteiger partial charge in [0.1, 0.15) is 17.2 Å². The van der Waals surface area contributed by atoms with Crippen LogP contribution in [0.2, 0.25) is 10.0 Å². The first-order chi connectivity index (χ1) is 17.0. The first-order valence-electron chi connectivity index (χ1n) is 11.9. The fourth-order valence-electron chi connectivity index (χ4n) is 4.64. The summed E-state index contributed by atoms with van der Waals surface area (Å²) in [5.74, 6) is 1.88. The van der Waals surface area contributed by atoms with Crippen molar-refractivity contribution in [2.75, 3.05) is 6.61 Å². The summed E-state index contributed by atoms with van der Waals surface area (Å²) in [6.45, 7) is 0.597. The highest BCUT2D eigenvalue weighted by molar-refractivity contribution is 6.39. The zero-order valence-electron chi connectivity index (χ0n) is 19.1. The number of carbonyl (C=O) groups is 1. The molecule has 8 heteroatoms. The molecule has 182 valence electrons. The molecule has 0 spiro atoms. The molecule has 35 heavy (non-hydrogen) atoms. The Kier molecular flexibility index (Phi) is 7.12. The molecule has 2 heterocycles. The highest BCUT2D eigenvalue weighted by Gasteiger charge is 2.33. The van der Waals surface area contributed by atoms with Gasteiger partial charge in [-0.15, -0.1) is 0 Å². The van der Waals surface area contributed by atoms with Crippen molar-refractivity contribution in [2.24, 2.45) is 11.8 Å². The minimum Gasteiger partial charge on any atom is -0.493 e. The van der Waals surface area contributed by atoms with Crippen LogP contribution in [0, 0.1) is 11.8 Å². The maximum absolute atomic E-state index is 11.2. The van der Waals surface area contributed by atoms with E-state index in [0.29, 0.717) is 51.4 Å². The van der Waals surface area contributed by atoms with Crippen LogP contribution in [0.4, 0.5) is 0 Å². The molecule has 1 aromatic carbocycles. The first kappa shape index (κ1) is 23.9. The van der Waals surface area contributed by atoms with Crippen LogP contribution in [-0.2, 0) is 0 Å². The van der Waals surface area contributed by atoms with Gasteiger partial charge in [-0.1, -0.05) is 46.6 Å². The number of rotatable bonds is 8. The molecule has 0 atom stereocenters. The van der Waals surface area contributed by atoms with Crippen molar-refractivity contribution in [2.45, 2.75) is 44.4 Å². The van der Waals surface area contributed by atoms with Crippen LogP contribution in [0.1, 0.15) is 66.1 Å². The van der Waals surface area contributed by atoms with E-state index in [2.05, 4.69) is 22.3 Å². The standard InChI is InChI=1S/C27H26Cl2N2O4/c28-22-13-30-14-23(29)24(22)25-21(26(35-31-25)18-9-10-18)11-8-16-4-6-17(7-5-16)15-34-20-3-1-2-19(12-20)27(32)33/h1-3,8,11-14,16-18H,4-7,9-10,15H2,(H,32,33)/b11-8+. The maximum atomic E-state index is 11.2. The monoisotopic (exact) mass is 512 g/mol. The SMILES string of the molecule is O=C(O)c1cccc(OCC2CCC(/C=C/c3c(-c4c(Cl)cncc4Cl)noc3C3CC3)CC2)c1. The molecule has 2 aromatic heterocycles. The third-order valence-corrected chi connectivity index (χ3v) is 7.36. The van der Waals surface area contributed by atoms with Crippen molar-refractivity contribution < 1.29 is 19.2 Å². The van der Waals surface area contributed by atoms with Crippen LogP contribution in [0.15, 0.2) is 47.3 Å². The topological polar surface area (TPSA) is 85.5 Å². The van der Waals surface area contributed by atoms with Gasteiger partial charge in [0.2, 0.25) is 0 Å². The van der Waals surface area contributed by atoms with Crippen LogP contribution in [0.3, 0.4) is 0 Å². The summed E-state index contributed by atoms with van der Waals surface area (Å²) >= 11 is 12.8. The van der Waals surface area contributed by atoms with Crippen LogP contribution < -0.4 is 4.74 Å². The molecule has 2 aliphatic rings. The Bertz CT molecular complexity index is 1220. The van der Waals surface area contributed by atoms with Crippen LogP contribution in [-0.4, -0.2) is 27.8 Å². The van der Waals surface area contributed by atoms with Crippen molar-refractivity contribution >= 4 is 35.2 Å². The number of allylic oxidation sites excluding steroid dienone is 1. The van der Waals surface area contributed by atoms with Crippen LogP contribution in [0.5, 0.6) is 5.75 Å². The van der Waals surface area contributed by atoms with Crippen molar-refractivity contribution in [3.8, 4) is 17.0 Å². The second-order valence-electron chi connectivity index (χ2n) is 9.35. The number of aromatic carboxylic acids is 1. The average molecular weight is 513 g/mol. The smallest absolute Gasteiger partial charge is 0.335 e. The van der Waals surface area contributed by atoms with Crippen molar-refractivity contribution in [3.63, 3.8) is 0 Å². The van der Waals surface area contributed by atoms with E-state index in [1.807, 2.05) is 0 Å². The van der Waals surface area contributed by atoms with E-state index in [-0.39, 0.29) is 5.56 Å². The summed E-state index contributed by atoms with van der Waals surface area (Å²) in [7, 11) is 0.